The highest BCUT2D eigenvalue weighted by Gasteiger charge is 2.22. The second-order valence-electron chi connectivity index (χ2n) is 4.37. The number of urea groups is 1. The van der Waals surface area contributed by atoms with Crippen molar-refractivity contribution in [2.75, 3.05) is 11.9 Å². The van der Waals surface area contributed by atoms with Gasteiger partial charge in [0.05, 0.1) is 18.4 Å². The highest BCUT2D eigenvalue weighted by Crippen LogP contribution is 2.27. The van der Waals surface area contributed by atoms with Crippen LogP contribution in [0.25, 0.3) is 0 Å². The fourth-order valence-corrected chi connectivity index (χ4v) is 2.07. The molecule has 0 fully saturated rings. The Morgan fingerprint density at radius 3 is 3.16 bits per heavy atom. The van der Waals surface area contributed by atoms with Crippen molar-refractivity contribution in [3.05, 3.63) is 42.2 Å². The molecule has 2 heterocycles. The number of carbonyl (C=O) groups is 1. The van der Waals surface area contributed by atoms with E-state index in [4.69, 9.17) is 4.74 Å². The normalized spacial score (nSPS) is 16.5. The molecule has 0 aliphatic carbocycles. The number of hydrogen-bond acceptors (Lipinski definition) is 3. The number of aromatic nitrogens is 2. The molecular weight excluding hydrogens is 244 g/mol. The number of anilines is 1. The molecule has 0 saturated heterocycles. The van der Waals surface area contributed by atoms with Gasteiger partial charge in [-0.2, -0.15) is 5.10 Å². The summed E-state index contributed by atoms with van der Waals surface area (Å²) >= 11 is 0. The largest absolute Gasteiger partial charge is 0.488 e. The van der Waals surface area contributed by atoms with Crippen molar-refractivity contribution in [3.8, 4) is 5.75 Å². The number of carbonyl (C=O) groups excluding carboxylic acids is 1. The van der Waals surface area contributed by atoms with Gasteiger partial charge in [0.2, 0.25) is 0 Å². The SMILES string of the molecule is O=C(NC[C@@H]1Cc2ccccc2O1)Nc1cn[nH]c1. The van der Waals surface area contributed by atoms with E-state index in [1.54, 1.807) is 12.4 Å². The van der Waals surface area contributed by atoms with Gasteiger partial charge in [-0.1, -0.05) is 18.2 Å². The summed E-state index contributed by atoms with van der Waals surface area (Å²) in [6.45, 7) is 0.471. The van der Waals surface area contributed by atoms with Gasteiger partial charge < -0.3 is 15.4 Å². The molecule has 3 N–H and O–H groups in total. The highest BCUT2D eigenvalue weighted by molar-refractivity contribution is 5.88. The van der Waals surface area contributed by atoms with Crippen LogP contribution in [0.3, 0.4) is 0 Å². The molecule has 19 heavy (non-hydrogen) atoms. The minimum absolute atomic E-state index is 0.00694. The summed E-state index contributed by atoms with van der Waals surface area (Å²) in [5.74, 6) is 0.907. The second kappa shape index (κ2) is 5.01. The molecule has 6 nitrogen and oxygen atoms in total. The molecule has 3 rings (SSSR count). The lowest BCUT2D eigenvalue weighted by atomic mass is 10.1. The van der Waals surface area contributed by atoms with Crippen LogP contribution in [0.2, 0.25) is 0 Å². The van der Waals surface area contributed by atoms with Crippen molar-refractivity contribution < 1.29 is 9.53 Å². The Labute approximate surface area is 110 Å². The van der Waals surface area contributed by atoms with E-state index in [-0.39, 0.29) is 12.1 Å². The van der Waals surface area contributed by atoms with E-state index in [1.807, 2.05) is 24.3 Å². The lowest BCUT2D eigenvalue weighted by Gasteiger charge is -2.12. The van der Waals surface area contributed by atoms with Crippen LogP contribution < -0.4 is 15.4 Å². The van der Waals surface area contributed by atoms with Crippen LogP contribution in [0.5, 0.6) is 5.75 Å². The molecular formula is C13H14N4O2. The van der Waals surface area contributed by atoms with Gasteiger partial charge >= 0.3 is 6.03 Å². The first-order valence-corrected chi connectivity index (χ1v) is 6.09. The highest BCUT2D eigenvalue weighted by atomic mass is 16.5. The predicted octanol–water partition coefficient (Wildman–Crippen LogP) is 1.53. The van der Waals surface area contributed by atoms with E-state index in [1.165, 1.54) is 5.56 Å². The average Bonchev–Trinajstić information content (AvgIpc) is 3.04. The van der Waals surface area contributed by atoms with Crippen LogP contribution >= 0.6 is 0 Å². The van der Waals surface area contributed by atoms with Gasteiger partial charge in [0, 0.05) is 12.6 Å². The third kappa shape index (κ3) is 2.67. The van der Waals surface area contributed by atoms with Crippen molar-refractivity contribution >= 4 is 11.7 Å². The van der Waals surface area contributed by atoms with Crippen LogP contribution in [0.1, 0.15) is 5.56 Å². The van der Waals surface area contributed by atoms with Crippen LogP contribution in [-0.4, -0.2) is 28.9 Å². The zero-order valence-corrected chi connectivity index (χ0v) is 10.2. The molecule has 1 aliphatic rings. The van der Waals surface area contributed by atoms with Gasteiger partial charge in [-0.25, -0.2) is 4.79 Å². The molecule has 6 heteroatoms. The van der Waals surface area contributed by atoms with E-state index in [0.717, 1.165) is 12.2 Å². The third-order valence-corrected chi connectivity index (χ3v) is 2.96. The molecule has 1 atom stereocenters. The maximum atomic E-state index is 11.6. The van der Waals surface area contributed by atoms with Crippen LogP contribution in [0.15, 0.2) is 36.7 Å². The number of benzene rings is 1. The average molecular weight is 258 g/mol. The Balaban J connectivity index is 1.48. The van der Waals surface area contributed by atoms with E-state index < -0.39 is 0 Å². The van der Waals surface area contributed by atoms with Crippen LogP contribution in [0.4, 0.5) is 10.5 Å². The molecule has 0 bridgehead atoms. The molecule has 2 aromatic rings. The number of nitrogens with one attached hydrogen (secondary N) is 3. The van der Waals surface area contributed by atoms with Gasteiger partial charge in [-0.15, -0.1) is 0 Å². The lowest BCUT2D eigenvalue weighted by Crippen LogP contribution is -2.37. The number of ether oxygens (including phenoxy) is 1. The molecule has 0 unspecified atom stereocenters. The minimum atomic E-state index is -0.263. The van der Waals surface area contributed by atoms with Crippen molar-refractivity contribution in [1.29, 1.82) is 0 Å². The summed E-state index contributed by atoms with van der Waals surface area (Å²) in [5.41, 5.74) is 1.82. The molecule has 2 amide bonds. The zero-order valence-electron chi connectivity index (χ0n) is 10.2. The van der Waals surface area contributed by atoms with Crippen molar-refractivity contribution in [2.45, 2.75) is 12.5 Å². The molecule has 0 spiro atoms. The van der Waals surface area contributed by atoms with Crippen molar-refractivity contribution in [1.82, 2.24) is 15.5 Å². The van der Waals surface area contributed by atoms with E-state index in [2.05, 4.69) is 20.8 Å². The third-order valence-electron chi connectivity index (χ3n) is 2.96. The number of aromatic amines is 1. The monoisotopic (exact) mass is 258 g/mol. The number of amides is 2. The van der Waals surface area contributed by atoms with E-state index in [0.29, 0.717) is 12.2 Å². The summed E-state index contributed by atoms with van der Waals surface area (Å²) in [5, 5.41) is 11.8. The fraction of sp³-hybridized carbons (Fsp3) is 0.231. The van der Waals surface area contributed by atoms with E-state index >= 15 is 0 Å². The molecule has 1 aromatic heterocycles. The summed E-state index contributed by atoms with van der Waals surface area (Å²) in [6.07, 6.45) is 3.97. The van der Waals surface area contributed by atoms with Gasteiger partial charge in [0.1, 0.15) is 11.9 Å². The number of hydrogen-bond donors (Lipinski definition) is 3. The topological polar surface area (TPSA) is 79.0 Å². The second-order valence-corrected chi connectivity index (χ2v) is 4.37. The maximum Gasteiger partial charge on any atom is 0.319 e. The minimum Gasteiger partial charge on any atom is -0.488 e. The fourth-order valence-electron chi connectivity index (χ4n) is 2.07. The number of nitrogens with zero attached hydrogens (tertiary/aromatic N) is 1. The van der Waals surface area contributed by atoms with E-state index in [9.17, 15) is 4.79 Å². The lowest BCUT2D eigenvalue weighted by molar-refractivity contribution is 0.219. The first kappa shape index (κ1) is 11.6. The first-order chi connectivity index (χ1) is 9.31. The number of rotatable bonds is 3. The quantitative estimate of drug-likeness (QED) is 0.781. The van der Waals surface area contributed by atoms with Crippen molar-refractivity contribution in [2.24, 2.45) is 0 Å². The predicted molar refractivity (Wildman–Crippen MR) is 70.2 cm³/mol. The first-order valence-electron chi connectivity index (χ1n) is 6.09. The van der Waals surface area contributed by atoms with Gasteiger partial charge in [0.25, 0.3) is 0 Å². The Morgan fingerprint density at radius 2 is 2.37 bits per heavy atom. The molecule has 1 aromatic carbocycles. The Morgan fingerprint density at radius 1 is 1.47 bits per heavy atom. The number of H-pyrrole nitrogens is 1. The smallest absolute Gasteiger partial charge is 0.319 e. The standard InChI is InChI=1S/C13H14N4O2/c18-13(17-10-6-15-16-7-10)14-8-11-5-9-3-1-2-4-12(9)19-11/h1-4,6-7,11H,5,8H2,(H,15,16)(H2,14,17,18)/t11-/m0/s1. The Kier molecular flexibility index (Phi) is 3.06. The Bertz CT molecular complexity index is 543. The van der Waals surface area contributed by atoms with Gasteiger partial charge in [0.15, 0.2) is 0 Å². The Hall–Kier alpha value is -2.50. The summed E-state index contributed by atoms with van der Waals surface area (Å²) in [7, 11) is 0. The molecule has 0 saturated carbocycles. The number of para-hydroxylation sites is 1. The molecule has 98 valence electrons. The molecule has 0 radical (unpaired) electrons. The summed E-state index contributed by atoms with van der Waals surface area (Å²) in [4.78, 5) is 11.6. The van der Waals surface area contributed by atoms with Crippen LogP contribution in [0, 0.1) is 0 Å². The van der Waals surface area contributed by atoms with Crippen LogP contribution in [-0.2, 0) is 6.42 Å². The maximum absolute atomic E-state index is 11.6. The number of fused-ring (bicyclic) bond motifs is 1. The zero-order chi connectivity index (χ0) is 13.1. The summed E-state index contributed by atoms with van der Waals surface area (Å²) < 4.78 is 5.73. The summed E-state index contributed by atoms with van der Waals surface area (Å²) in [6, 6.07) is 7.66. The van der Waals surface area contributed by atoms with Gasteiger partial charge in [-0.05, 0) is 11.6 Å². The molecule has 1 aliphatic heterocycles. The van der Waals surface area contributed by atoms with Crippen molar-refractivity contribution in [3.63, 3.8) is 0 Å². The van der Waals surface area contributed by atoms with Gasteiger partial charge in [-0.3, -0.25) is 5.10 Å².